The number of halogens is 1. The van der Waals surface area contributed by atoms with Crippen LogP contribution < -0.4 is 10.1 Å². The first-order valence-corrected chi connectivity index (χ1v) is 10.4. The number of anilines is 1. The normalized spacial score (nSPS) is 17.7. The van der Waals surface area contributed by atoms with Crippen LogP contribution in [0.5, 0.6) is 5.75 Å². The summed E-state index contributed by atoms with van der Waals surface area (Å²) in [5.74, 6) is 0.0578. The highest BCUT2D eigenvalue weighted by atomic mass is 35.5. The number of rotatable bonds is 5. The number of nitrogens with zero attached hydrogens (tertiary/aromatic N) is 1. The van der Waals surface area contributed by atoms with Crippen molar-refractivity contribution in [2.75, 3.05) is 19.0 Å². The van der Waals surface area contributed by atoms with Gasteiger partial charge in [0.15, 0.2) is 0 Å². The lowest BCUT2D eigenvalue weighted by atomic mass is 10.2. The van der Waals surface area contributed by atoms with Crippen LogP contribution in [0.4, 0.5) is 5.69 Å². The van der Waals surface area contributed by atoms with Crippen molar-refractivity contribution >= 4 is 33.2 Å². The van der Waals surface area contributed by atoms with E-state index in [1.165, 1.54) is 11.4 Å². The third kappa shape index (κ3) is 4.10. The van der Waals surface area contributed by atoms with Gasteiger partial charge in [-0.15, -0.1) is 0 Å². The zero-order valence-electron chi connectivity index (χ0n) is 15.1. The Morgan fingerprint density at radius 1 is 1.22 bits per heavy atom. The summed E-state index contributed by atoms with van der Waals surface area (Å²) in [6, 6.07) is 10.7. The first-order valence-electron chi connectivity index (χ1n) is 8.56. The number of hydrogen-bond donors (Lipinski definition) is 1. The summed E-state index contributed by atoms with van der Waals surface area (Å²) in [6.07, 6.45) is 1.08. The number of hydrogen-bond acceptors (Lipinski definition) is 4. The number of sulfonamides is 1. The second-order valence-electron chi connectivity index (χ2n) is 6.42. The fourth-order valence-corrected chi connectivity index (χ4v) is 4.96. The smallest absolute Gasteiger partial charge is 0.243 e. The van der Waals surface area contributed by atoms with E-state index >= 15 is 0 Å². The molecule has 1 saturated heterocycles. The molecule has 1 fully saturated rings. The second kappa shape index (κ2) is 7.88. The summed E-state index contributed by atoms with van der Waals surface area (Å²) in [5.41, 5.74) is 1.38. The molecule has 1 amide bonds. The Hall–Kier alpha value is -2.09. The van der Waals surface area contributed by atoms with Gasteiger partial charge in [-0.05, 0) is 50.1 Å². The monoisotopic (exact) mass is 408 g/mol. The molecule has 0 aliphatic carbocycles. The van der Waals surface area contributed by atoms with Crippen molar-refractivity contribution < 1.29 is 17.9 Å². The molecule has 0 radical (unpaired) electrons. The number of amides is 1. The van der Waals surface area contributed by atoms with Gasteiger partial charge >= 0.3 is 0 Å². The van der Waals surface area contributed by atoms with E-state index in [2.05, 4.69) is 5.32 Å². The molecule has 1 heterocycles. The van der Waals surface area contributed by atoms with E-state index in [1.807, 2.05) is 6.92 Å². The summed E-state index contributed by atoms with van der Waals surface area (Å²) in [6.45, 7) is 2.20. The highest BCUT2D eigenvalue weighted by Crippen LogP contribution is 2.31. The predicted molar refractivity (Wildman–Crippen MR) is 105 cm³/mol. The maximum Gasteiger partial charge on any atom is 0.243 e. The largest absolute Gasteiger partial charge is 0.495 e. The van der Waals surface area contributed by atoms with Gasteiger partial charge < -0.3 is 10.1 Å². The van der Waals surface area contributed by atoms with Crippen molar-refractivity contribution in [3.05, 3.63) is 53.1 Å². The van der Waals surface area contributed by atoms with Crippen molar-refractivity contribution in [1.82, 2.24) is 4.31 Å². The predicted octanol–water partition coefficient (Wildman–Crippen LogP) is 3.45. The molecule has 27 heavy (non-hydrogen) atoms. The van der Waals surface area contributed by atoms with Crippen LogP contribution in [0.15, 0.2) is 47.4 Å². The van der Waals surface area contributed by atoms with Crippen molar-refractivity contribution in [2.45, 2.75) is 30.7 Å². The Kier molecular flexibility index (Phi) is 5.74. The summed E-state index contributed by atoms with van der Waals surface area (Å²) in [7, 11) is -2.26. The van der Waals surface area contributed by atoms with Gasteiger partial charge in [-0.1, -0.05) is 29.3 Å². The lowest BCUT2D eigenvalue weighted by Gasteiger charge is -2.24. The summed E-state index contributed by atoms with van der Waals surface area (Å²) < 4.78 is 32.5. The van der Waals surface area contributed by atoms with Gasteiger partial charge in [-0.2, -0.15) is 4.31 Å². The van der Waals surface area contributed by atoms with E-state index in [0.29, 0.717) is 35.8 Å². The minimum Gasteiger partial charge on any atom is -0.495 e. The number of aryl methyl sites for hydroxylation is 1. The van der Waals surface area contributed by atoms with Crippen LogP contribution >= 0.6 is 11.6 Å². The first-order chi connectivity index (χ1) is 12.8. The topological polar surface area (TPSA) is 75.7 Å². The van der Waals surface area contributed by atoms with E-state index in [4.69, 9.17) is 16.3 Å². The van der Waals surface area contributed by atoms with Gasteiger partial charge in [0, 0.05) is 11.6 Å². The number of nitrogens with one attached hydrogen (secondary N) is 1. The van der Waals surface area contributed by atoms with Crippen LogP contribution in [0, 0.1) is 6.92 Å². The van der Waals surface area contributed by atoms with Gasteiger partial charge in [0.05, 0.1) is 17.7 Å². The average Bonchev–Trinajstić information content (AvgIpc) is 3.13. The summed E-state index contributed by atoms with van der Waals surface area (Å²) in [4.78, 5) is 13.0. The molecule has 2 aromatic rings. The second-order valence-corrected chi connectivity index (χ2v) is 8.75. The maximum atomic E-state index is 13.0. The van der Waals surface area contributed by atoms with E-state index in [9.17, 15) is 13.2 Å². The Labute approximate surface area is 164 Å². The molecule has 8 heteroatoms. The molecule has 1 atom stereocenters. The Balaban J connectivity index is 1.85. The van der Waals surface area contributed by atoms with Gasteiger partial charge in [-0.25, -0.2) is 8.42 Å². The molecular weight excluding hydrogens is 388 g/mol. The SMILES string of the molecule is COc1ccc(Cl)cc1NC(=O)[C@H]1CCCN1S(=O)(=O)c1ccc(C)cc1. The number of methoxy groups -OCH3 is 1. The molecule has 1 aliphatic heterocycles. The number of carbonyl (C=O) groups excluding carboxylic acids is 1. The molecule has 2 aromatic carbocycles. The lowest BCUT2D eigenvalue weighted by Crippen LogP contribution is -2.43. The summed E-state index contributed by atoms with van der Waals surface area (Å²) >= 11 is 6.00. The Morgan fingerprint density at radius 3 is 2.59 bits per heavy atom. The lowest BCUT2D eigenvalue weighted by molar-refractivity contribution is -0.119. The number of carbonyl (C=O) groups is 1. The molecule has 6 nitrogen and oxygen atoms in total. The van der Waals surface area contributed by atoms with Gasteiger partial charge in [0.2, 0.25) is 15.9 Å². The van der Waals surface area contributed by atoms with E-state index in [1.54, 1.807) is 42.5 Å². The molecule has 0 saturated carbocycles. The molecule has 3 rings (SSSR count). The van der Waals surface area contributed by atoms with Crippen LogP contribution in [0.2, 0.25) is 5.02 Å². The molecule has 0 bridgehead atoms. The first kappa shape index (κ1) is 19.7. The van der Waals surface area contributed by atoms with Crippen LogP contribution in [0.3, 0.4) is 0 Å². The van der Waals surface area contributed by atoms with Crippen molar-refractivity contribution in [3.8, 4) is 5.75 Å². The zero-order chi connectivity index (χ0) is 19.6. The minimum atomic E-state index is -3.75. The molecule has 0 aromatic heterocycles. The highest BCUT2D eigenvalue weighted by Gasteiger charge is 2.39. The standard InChI is InChI=1S/C19H21ClN2O4S/c1-13-5-8-15(9-6-13)27(24,25)22-11-3-4-17(22)19(23)21-16-12-14(20)7-10-18(16)26-2/h5-10,12,17H,3-4,11H2,1-2H3,(H,21,23)/t17-/m1/s1. The van der Waals surface area contributed by atoms with Crippen LogP contribution in [-0.2, 0) is 14.8 Å². The fourth-order valence-electron chi connectivity index (χ4n) is 3.13. The maximum absolute atomic E-state index is 13.0. The average molecular weight is 409 g/mol. The van der Waals surface area contributed by atoms with E-state index in [-0.39, 0.29) is 4.90 Å². The third-order valence-electron chi connectivity index (χ3n) is 4.55. The molecule has 1 N–H and O–H groups in total. The van der Waals surface area contributed by atoms with Gasteiger partial charge in [0.1, 0.15) is 11.8 Å². The molecule has 0 spiro atoms. The number of benzene rings is 2. The van der Waals surface area contributed by atoms with Gasteiger partial charge in [-0.3, -0.25) is 4.79 Å². The molecule has 144 valence electrons. The zero-order valence-corrected chi connectivity index (χ0v) is 16.7. The van der Waals surface area contributed by atoms with Crippen LogP contribution in [0.1, 0.15) is 18.4 Å². The summed E-state index contributed by atoms with van der Waals surface area (Å²) in [5, 5.41) is 3.20. The quantitative estimate of drug-likeness (QED) is 0.822. The Morgan fingerprint density at radius 2 is 1.93 bits per heavy atom. The van der Waals surface area contributed by atoms with Gasteiger partial charge in [0.25, 0.3) is 0 Å². The van der Waals surface area contributed by atoms with Crippen molar-refractivity contribution in [2.24, 2.45) is 0 Å². The Bertz CT molecular complexity index is 945. The molecule has 0 unspecified atom stereocenters. The van der Waals surface area contributed by atoms with E-state index < -0.39 is 22.0 Å². The fraction of sp³-hybridized carbons (Fsp3) is 0.316. The van der Waals surface area contributed by atoms with Crippen molar-refractivity contribution in [1.29, 1.82) is 0 Å². The third-order valence-corrected chi connectivity index (χ3v) is 6.71. The highest BCUT2D eigenvalue weighted by molar-refractivity contribution is 7.89. The van der Waals surface area contributed by atoms with E-state index in [0.717, 1.165) is 5.56 Å². The van der Waals surface area contributed by atoms with Crippen LogP contribution in [-0.4, -0.2) is 38.3 Å². The minimum absolute atomic E-state index is 0.188. The molecular formula is C19H21ClN2O4S. The number of ether oxygens (including phenoxy) is 1. The molecule has 1 aliphatic rings. The van der Waals surface area contributed by atoms with Crippen molar-refractivity contribution in [3.63, 3.8) is 0 Å². The van der Waals surface area contributed by atoms with Crippen LogP contribution in [0.25, 0.3) is 0 Å².